The third-order valence-corrected chi connectivity index (χ3v) is 3.57. The lowest BCUT2D eigenvalue weighted by Crippen LogP contribution is -2.42. The molecule has 25 heavy (non-hydrogen) atoms. The van der Waals surface area contributed by atoms with Crippen LogP contribution in [0.1, 0.15) is 16.8 Å². The molecule has 0 unspecified atom stereocenters. The van der Waals surface area contributed by atoms with Crippen molar-refractivity contribution in [2.24, 2.45) is 0 Å². The molecule has 0 saturated heterocycles. The molecule has 0 spiro atoms. The smallest absolute Gasteiger partial charge is 0.408 e. The molecule has 0 saturated carbocycles. The van der Waals surface area contributed by atoms with Crippen molar-refractivity contribution >= 4 is 22.9 Å². The summed E-state index contributed by atoms with van der Waals surface area (Å²) in [6.07, 6.45) is -0.0685. The van der Waals surface area contributed by atoms with Crippen LogP contribution in [0.25, 0.3) is 11.1 Å². The fraction of sp³-hybridized carbons (Fsp3) is 0.118. The molecule has 0 aliphatic carbocycles. The molecular weight excluding hydrogens is 329 g/mol. The van der Waals surface area contributed by atoms with Gasteiger partial charge in [-0.3, -0.25) is 25.0 Å². The number of amides is 2. The molecular formula is C17H14FN3O4. The van der Waals surface area contributed by atoms with Gasteiger partial charge in [-0.05, 0) is 24.3 Å². The van der Waals surface area contributed by atoms with E-state index in [0.717, 1.165) is 6.07 Å². The van der Waals surface area contributed by atoms with E-state index in [4.69, 9.17) is 4.42 Å². The number of hydrogen-bond acceptors (Lipinski definition) is 4. The van der Waals surface area contributed by atoms with Crippen LogP contribution in [0.15, 0.2) is 57.7 Å². The highest BCUT2D eigenvalue weighted by molar-refractivity contribution is 5.95. The van der Waals surface area contributed by atoms with E-state index in [1.807, 2.05) is 0 Å². The third kappa shape index (κ3) is 3.57. The van der Waals surface area contributed by atoms with Gasteiger partial charge in [0.15, 0.2) is 5.58 Å². The van der Waals surface area contributed by atoms with Crippen molar-refractivity contribution < 1.29 is 18.4 Å². The molecule has 0 radical (unpaired) electrons. The van der Waals surface area contributed by atoms with Gasteiger partial charge in [-0.1, -0.05) is 24.3 Å². The number of fused-ring (bicyclic) bond motifs is 1. The van der Waals surface area contributed by atoms with Crippen molar-refractivity contribution in [1.82, 2.24) is 15.4 Å². The largest absolute Gasteiger partial charge is 0.419 e. The normalized spacial score (nSPS) is 10.6. The van der Waals surface area contributed by atoms with Gasteiger partial charge in [-0.25, -0.2) is 9.18 Å². The first kappa shape index (κ1) is 16.4. The highest BCUT2D eigenvalue weighted by Gasteiger charge is 2.13. The SMILES string of the molecule is O=C(CCn1c(=O)oc2ccccc21)NNC(=O)c1ccccc1F. The zero-order chi connectivity index (χ0) is 17.8. The van der Waals surface area contributed by atoms with E-state index in [0.29, 0.717) is 11.1 Å². The lowest BCUT2D eigenvalue weighted by Gasteiger charge is -2.08. The Labute approximate surface area is 141 Å². The van der Waals surface area contributed by atoms with E-state index in [1.165, 1.54) is 22.8 Å². The Hall–Kier alpha value is -3.42. The summed E-state index contributed by atoms with van der Waals surface area (Å²) in [6, 6.07) is 12.3. The van der Waals surface area contributed by atoms with E-state index in [1.54, 1.807) is 24.3 Å². The van der Waals surface area contributed by atoms with Crippen LogP contribution in [0, 0.1) is 5.82 Å². The first-order valence-electron chi connectivity index (χ1n) is 7.48. The van der Waals surface area contributed by atoms with E-state index in [2.05, 4.69) is 10.9 Å². The predicted molar refractivity (Wildman–Crippen MR) is 87.1 cm³/mol. The molecule has 0 fully saturated rings. The molecule has 1 heterocycles. The molecule has 1 aromatic heterocycles. The lowest BCUT2D eigenvalue weighted by molar-refractivity contribution is -0.122. The molecule has 8 heteroatoms. The van der Waals surface area contributed by atoms with Gasteiger partial charge in [0.05, 0.1) is 11.1 Å². The molecule has 0 atom stereocenters. The van der Waals surface area contributed by atoms with Crippen LogP contribution in [0.5, 0.6) is 0 Å². The van der Waals surface area contributed by atoms with Gasteiger partial charge in [0.25, 0.3) is 5.91 Å². The van der Waals surface area contributed by atoms with Gasteiger partial charge in [-0.2, -0.15) is 0 Å². The monoisotopic (exact) mass is 343 g/mol. The van der Waals surface area contributed by atoms with Crippen LogP contribution in [-0.4, -0.2) is 16.4 Å². The fourth-order valence-corrected chi connectivity index (χ4v) is 2.34. The minimum absolute atomic E-state index is 0.0685. The molecule has 3 rings (SSSR count). The maximum atomic E-state index is 13.5. The number of aryl methyl sites for hydroxylation is 1. The summed E-state index contributed by atoms with van der Waals surface area (Å²) in [5.41, 5.74) is 5.15. The minimum atomic E-state index is -0.766. The number of aromatic nitrogens is 1. The summed E-state index contributed by atoms with van der Waals surface area (Å²) in [5.74, 6) is -2.55. The number of halogens is 1. The quantitative estimate of drug-likeness (QED) is 0.704. The van der Waals surface area contributed by atoms with Crippen LogP contribution < -0.4 is 16.6 Å². The molecule has 7 nitrogen and oxygen atoms in total. The van der Waals surface area contributed by atoms with Gasteiger partial charge in [0.1, 0.15) is 5.82 Å². The van der Waals surface area contributed by atoms with Crippen molar-refractivity contribution in [2.75, 3.05) is 0 Å². The maximum absolute atomic E-state index is 13.5. The van der Waals surface area contributed by atoms with Crippen molar-refractivity contribution in [3.8, 4) is 0 Å². The number of hydrazine groups is 1. The molecule has 2 amide bonds. The third-order valence-electron chi connectivity index (χ3n) is 3.57. The first-order valence-corrected chi connectivity index (χ1v) is 7.48. The number of nitrogens with zero attached hydrogens (tertiary/aromatic N) is 1. The number of hydrogen-bond donors (Lipinski definition) is 2. The summed E-state index contributed by atoms with van der Waals surface area (Å²) in [6.45, 7) is 0.0806. The van der Waals surface area contributed by atoms with Gasteiger partial charge >= 0.3 is 5.76 Å². The Morgan fingerprint density at radius 2 is 1.76 bits per heavy atom. The summed E-state index contributed by atoms with van der Waals surface area (Å²) in [7, 11) is 0. The Bertz CT molecular complexity index is 993. The minimum Gasteiger partial charge on any atom is -0.408 e. The van der Waals surface area contributed by atoms with Gasteiger partial charge in [0.2, 0.25) is 5.91 Å². The van der Waals surface area contributed by atoms with Crippen LogP contribution >= 0.6 is 0 Å². The van der Waals surface area contributed by atoms with Gasteiger partial charge in [-0.15, -0.1) is 0 Å². The zero-order valence-electron chi connectivity index (χ0n) is 13.0. The summed E-state index contributed by atoms with van der Waals surface area (Å²) in [4.78, 5) is 35.4. The van der Waals surface area contributed by atoms with Gasteiger partial charge in [0, 0.05) is 13.0 Å². The standard InChI is InChI=1S/C17H14FN3O4/c18-12-6-2-1-5-11(12)16(23)20-19-15(22)9-10-21-13-7-3-4-8-14(13)25-17(21)24/h1-8H,9-10H2,(H,19,22)(H,20,23). The first-order chi connectivity index (χ1) is 12.1. The molecule has 0 bridgehead atoms. The fourth-order valence-electron chi connectivity index (χ4n) is 2.34. The Morgan fingerprint density at radius 3 is 2.56 bits per heavy atom. The van der Waals surface area contributed by atoms with Crippen LogP contribution in [-0.2, 0) is 11.3 Å². The number of benzene rings is 2. The molecule has 0 aliphatic rings. The molecule has 2 aromatic carbocycles. The number of carbonyl (C=O) groups excluding carboxylic acids is 2. The molecule has 2 N–H and O–H groups in total. The predicted octanol–water partition coefficient (Wildman–Crippen LogP) is 1.58. The topological polar surface area (TPSA) is 93.3 Å². The highest BCUT2D eigenvalue weighted by Crippen LogP contribution is 2.11. The van der Waals surface area contributed by atoms with Crippen molar-refractivity contribution in [3.63, 3.8) is 0 Å². The van der Waals surface area contributed by atoms with E-state index in [-0.39, 0.29) is 18.5 Å². The molecule has 3 aromatic rings. The number of rotatable bonds is 4. The highest BCUT2D eigenvalue weighted by atomic mass is 19.1. The lowest BCUT2D eigenvalue weighted by atomic mass is 10.2. The zero-order valence-corrected chi connectivity index (χ0v) is 13.0. The second kappa shape index (κ2) is 7.00. The number of para-hydroxylation sites is 2. The van der Waals surface area contributed by atoms with E-state index < -0.39 is 23.4 Å². The van der Waals surface area contributed by atoms with Gasteiger partial charge < -0.3 is 4.42 Å². The number of oxazole rings is 1. The molecule has 128 valence electrons. The van der Waals surface area contributed by atoms with Crippen LogP contribution in [0.4, 0.5) is 4.39 Å². The Kier molecular flexibility index (Phi) is 4.60. The number of carbonyl (C=O) groups is 2. The summed E-state index contributed by atoms with van der Waals surface area (Å²) in [5, 5.41) is 0. The Balaban J connectivity index is 1.58. The van der Waals surface area contributed by atoms with E-state index >= 15 is 0 Å². The second-order valence-corrected chi connectivity index (χ2v) is 5.22. The number of nitrogens with one attached hydrogen (secondary N) is 2. The van der Waals surface area contributed by atoms with Crippen molar-refractivity contribution in [1.29, 1.82) is 0 Å². The Morgan fingerprint density at radius 1 is 1.04 bits per heavy atom. The second-order valence-electron chi connectivity index (χ2n) is 5.22. The van der Waals surface area contributed by atoms with Crippen LogP contribution in [0.2, 0.25) is 0 Å². The summed E-state index contributed by atoms with van der Waals surface area (Å²) >= 11 is 0. The van der Waals surface area contributed by atoms with Crippen molar-refractivity contribution in [2.45, 2.75) is 13.0 Å². The average molecular weight is 343 g/mol. The maximum Gasteiger partial charge on any atom is 0.419 e. The van der Waals surface area contributed by atoms with Crippen LogP contribution in [0.3, 0.4) is 0 Å². The van der Waals surface area contributed by atoms with Crippen molar-refractivity contribution in [3.05, 3.63) is 70.5 Å². The average Bonchev–Trinajstić information content (AvgIpc) is 2.93. The molecule has 0 aliphatic heterocycles. The van der Waals surface area contributed by atoms with E-state index in [9.17, 15) is 18.8 Å². The summed E-state index contributed by atoms with van der Waals surface area (Å²) < 4.78 is 19.9.